The number of carbonyl (C=O) groups excluding carboxylic acids is 1. The van der Waals surface area contributed by atoms with E-state index in [0.29, 0.717) is 51.4 Å². The number of fused-ring (bicyclic) bond motifs is 7. The summed E-state index contributed by atoms with van der Waals surface area (Å²) < 4.78 is 59.4. The quantitative estimate of drug-likeness (QED) is 0.0513. The lowest BCUT2D eigenvalue weighted by atomic mass is 9.33. The normalized spacial score (nSPS) is 55.3. The Hall–Kier alpha value is -1.75. The largest absolute Gasteiger partial charge is 0.432 e. The molecule has 10 rings (SSSR count). The summed E-state index contributed by atoms with van der Waals surface area (Å²) in [5, 5.41) is 163. The highest BCUT2D eigenvalue weighted by atomic mass is 16.8. The standard InChI is InChI=1S/C59H96O26/c1-24-34(63)38(67)42(71)49(78-24)83-46-29(20-60)80-48(45(74)41(46)70)77-22-30-37(66)40(69)44(73)51(81-30)85-53(75)59-17-15-54(3,4)19-27(59)26-9-10-32-55(5)13-12-33(56(6,23-61)31(55)11-14-58(32,8)57(26,7)16-18-59)82-52-47(36(65)28(62)21-76-52)84-50-43(72)39(68)35(64)25(2)79-50/h9,24-25,27-52,60-74H,10-23H2,1-8H3/t24-,25-,27?,28-,29+,30+,31?,32?,33-,34-,35-,36-,37+,38+,39+,40-,41+,42+,43+,44+,45+,46+,47+,48+,49-,50-,51-,52-,55?,56-,57+,58?,59?/m0/s1. The van der Waals surface area contributed by atoms with Gasteiger partial charge in [-0.1, -0.05) is 53.2 Å². The van der Waals surface area contributed by atoms with Gasteiger partial charge in [0.15, 0.2) is 25.2 Å². The van der Waals surface area contributed by atoms with Crippen LogP contribution in [0.25, 0.3) is 0 Å². The molecular weight excluding hydrogens is 1120 g/mol. The minimum absolute atomic E-state index is 0.0670. The van der Waals surface area contributed by atoms with Gasteiger partial charge in [0.2, 0.25) is 6.29 Å². The first-order valence-electron chi connectivity index (χ1n) is 30.6. The number of carbonyl (C=O) groups is 1. The molecule has 0 aromatic rings. The summed E-state index contributed by atoms with van der Waals surface area (Å²) in [7, 11) is 0. The third-order valence-corrected chi connectivity index (χ3v) is 23.2. The van der Waals surface area contributed by atoms with Crippen LogP contribution in [-0.2, 0) is 52.2 Å². The first kappa shape index (κ1) is 66.2. The molecule has 26 nitrogen and oxygen atoms in total. The molecule has 5 saturated heterocycles. The predicted molar refractivity (Wildman–Crippen MR) is 288 cm³/mol. The van der Waals surface area contributed by atoms with Crippen molar-refractivity contribution in [1.82, 2.24) is 0 Å². The van der Waals surface area contributed by atoms with Crippen LogP contribution in [0.15, 0.2) is 11.6 Å². The molecule has 15 N–H and O–H groups in total. The third kappa shape index (κ3) is 11.1. The summed E-state index contributed by atoms with van der Waals surface area (Å²) in [5.41, 5.74) is -1.93. The Labute approximate surface area is 494 Å². The lowest BCUT2D eigenvalue weighted by Crippen LogP contribution is -2.67. The van der Waals surface area contributed by atoms with E-state index in [2.05, 4.69) is 40.7 Å². The molecule has 0 radical (unpaired) electrons. The average Bonchev–Trinajstić information content (AvgIpc) is 0.692. The molecular formula is C59H96O26. The Balaban J connectivity index is 0.833. The van der Waals surface area contributed by atoms with E-state index in [1.54, 1.807) is 0 Å². The summed E-state index contributed by atoms with van der Waals surface area (Å²) in [6.07, 6.45) is -29.6. The van der Waals surface area contributed by atoms with Gasteiger partial charge in [-0.2, -0.15) is 0 Å². The van der Waals surface area contributed by atoms with Gasteiger partial charge >= 0.3 is 5.97 Å². The molecule has 0 spiro atoms. The second-order valence-corrected chi connectivity index (χ2v) is 28.5. The van der Waals surface area contributed by atoms with Crippen molar-refractivity contribution in [3.63, 3.8) is 0 Å². The minimum atomic E-state index is -1.90. The number of ether oxygens (including phenoxy) is 10. The highest BCUT2D eigenvalue weighted by molar-refractivity contribution is 5.79. The van der Waals surface area contributed by atoms with Crippen LogP contribution >= 0.6 is 0 Å². The number of rotatable bonds is 13. The van der Waals surface area contributed by atoms with Gasteiger partial charge in [-0.05, 0) is 117 Å². The summed E-state index contributed by atoms with van der Waals surface area (Å²) in [6, 6.07) is 0. The number of allylic oxidation sites excluding steroid dienone is 2. The number of esters is 1. The van der Waals surface area contributed by atoms with Crippen molar-refractivity contribution in [1.29, 1.82) is 0 Å². The van der Waals surface area contributed by atoms with E-state index >= 15 is 4.79 Å². The van der Waals surface area contributed by atoms with Crippen molar-refractivity contribution in [2.45, 2.75) is 273 Å². The Morgan fingerprint density at radius 1 is 0.565 bits per heavy atom. The number of aliphatic hydroxyl groups is 15. The smallest absolute Gasteiger partial charge is 0.315 e. The summed E-state index contributed by atoms with van der Waals surface area (Å²) in [5.74, 6) is -0.861. The van der Waals surface area contributed by atoms with Crippen molar-refractivity contribution in [2.24, 2.45) is 50.2 Å². The number of aliphatic hydroxyl groups excluding tert-OH is 15. The van der Waals surface area contributed by atoms with Crippen LogP contribution in [0.5, 0.6) is 0 Å². The van der Waals surface area contributed by atoms with Gasteiger partial charge in [0.1, 0.15) is 104 Å². The first-order chi connectivity index (χ1) is 39.8. The summed E-state index contributed by atoms with van der Waals surface area (Å²) >= 11 is 0. The molecule has 0 aromatic carbocycles. The molecule has 5 aliphatic heterocycles. The van der Waals surface area contributed by atoms with Gasteiger partial charge in [0, 0.05) is 5.41 Å². The molecule has 0 bridgehead atoms. The molecule has 85 heavy (non-hydrogen) atoms. The molecule has 10 aliphatic rings. The minimum Gasteiger partial charge on any atom is -0.432 e. The van der Waals surface area contributed by atoms with Crippen LogP contribution in [0.3, 0.4) is 0 Å². The molecule has 33 atom stereocenters. The van der Waals surface area contributed by atoms with Crippen LogP contribution in [0.2, 0.25) is 0 Å². The first-order valence-corrected chi connectivity index (χ1v) is 30.6. The molecule has 4 saturated carbocycles. The number of hydrogen-bond acceptors (Lipinski definition) is 26. The van der Waals surface area contributed by atoms with Crippen molar-refractivity contribution in [3.8, 4) is 0 Å². The van der Waals surface area contributed by atoms with Crippen molar-refractivity contribution in [2.75, 3.05) is 26.4 Å². The van der Waals surface area contributed by atoms with Crippen molar-refractivity contribution in [3.05, 3.63) is 11.6 Å². The van der Waals surface area contributed by atoms with Gasteiger partial charge in [-0.15, -0.1) is 0 Å². The molecule has 0 amide bonds. The van der Waals surface area contributed by atoms with Crippen LogP contribution in [-0.4, -0.2) is 263 Å². The lowest BCUT2D eigenvalue weighted by molar-refractivity contribution is -0.365. The van der Waals surface area contributed by atoms with Gasteiger partial charge in [-0.25, -0.2) is 0 Å². The van der Waals surface area contributed by atoms with E-state index in [1.165, 1.54) is 19.4 Å². The Morgan fingerprint density at radius 2 is 1.14 bits per heavy atom. The van der Waals surface area contributed by atoms with Crippen LogP contribution in [0.1, 0.15) is 120 Å². The molecule has 5 heterocycles. The van der Waals surface area contributed by atoms with Crippen LogP contribution in [0.4, 0.5) is 0 Å². The Morgan fingerprint density at radius 3 is 1.76 bits per heavy atom. The van der Waals surface area contributed by atoms with E-state index in [-0.39, 0.29) is 47.2 Å². The lowest BCUT2D eigenvalue weighted by Gasteiger charge is -2.71. The highest BCUT2D eigenvalue weighted by Crippen LogP contribution is 2.76. The fraction of sp³-hybridized carbons (Fsp3) is 0.949. The zero-order chi connectivity index (χ0) is 62.0. The zero-order valence-electron chi connectivity index (χ0n) is 49.8. The van der Waals surface area contributed by atoms with Crippen LogP contribution < -0.4 is 0 Å². The van der Waals surface area contributed by atoms with E-state index in [1.807, 2.05) is 6.92 Å². The molecule has 9 fully saturated rings. The van der Waals surface area contributed by atoms with Gasteiger partial charge in [0.25, 0.3) is 0 Å². The maximum Gasteiger partial charge on any atom is 0.315 e. The Bertz CT molecular complexity index is 2370. The fourth-order valence-electron chi connectivity index (χ4n) is 17.5. The molecule has 26 heteroatoms. The van der Waals surface area contributed by atoms with Crippen LogP contribution in [0, 0.1) is 50.2 Å². The summed E-state index contributed by atoms with van der Waals surface area (Å²) in [6.45, 7) is 14.3. The highest BCUT2D eigenvalue weighted by Gasteiger charge is 2.71. The third-order valence-electron chi connectivity index (χ3n) is 23.2. The molecule has 6 unspecified atom stereocenters. The average molecular weight is 1220 g/mol. The fourth-order valence-corrected chi connectivity index (χ4v) is 17.5. The second kappa shape index (κ2) is 24.4. The SMILES string of the molecule is C[C@@H]1O[C@@H](O[C@H]2[C@H](O[C@H]3CCC4(C)C5CC=C6C7CC(C)(C)CCC7(C(=O)O[C@@H]7O[C@H](CO[C@@H]8O[C@H](CO)[C@@H](O[C@@H]9O[C@@H](C)[C@H](O)[C@@H](O)[C@H]9O)[C@H](O)[C@H]8O)[C@@H](O)[C@H](O)[C@H]7O)CC[C@@]6(C)C5(C)CCC4[C@]3(C)CO)OC[C@H](O)[C@@H]2O)[C@H](O)[C@H](O)[C@H]1O. The topological polar surface area (TPSA) is 413 Å². The van der Waals surface area contributed by atoms with Crippen molar-refractivity contribution < 1.29 is 129 Å². The molecule has 0 aromatic heterocycles. The van der Waals surface area contributed by atoms with Crippen molar-refractivity contribution >= 4 is 5.97 Å². The monoisotopic (exact) mass is 1220 g/mol. The predicted octanol–water partition coefficient (Wildman–Crippen LogP) is -2.54. The van der Waals surface area contributed by atoms with Gasteiger partial charge in [0.05, 0.1) is 50.2 Å². The maximum absolute atomic E-state index is 15.2. The summed E-state index contributed by atoms with van der Waals surface area (Å²) in [4.78, 5) is 15.2. The zero-order valence-corrected chi connectivity index (χ0v) is 49.8. The van der Waals surface area contributed by atoms with Gasteiger partial charge < -0.3 is 124 Å². The molecule has 488 valence electrons. The Kier molecular flexibility index (Phi) is 19.0. The molecule has 5 aliphatic carbocycles. The van der Waals surface area contributed by atoms with Gasteiger partial charge in [-0.3, -0.25) is 4.79 Å². The van der Waals surface area contributed by atoms with E-state index in [0.717, 1.165) is 12.8 Å². The van der Waals surface area contributed by atoms with E-state index < -0.39 is 189 Å². The second-order valence-electron chi connectivity index (χ2n) is 28.5. The van der Waals surface area contributed by atoms with E-state index in [9.17, 15) is 76.6 Å². The number of hydrogen-bond donors (Lipinski definition) is 15. The maximum atomic E-state index is 15.2. The van der Waals surface area contributed by atoms with E-state index in [4.69, 9.17) is 47.4 Å².